The summed E-state index contributed by atoms with van der Waals surface area (Å²) in [7, 11) is 0. The standard InChI is InChI=1S/C15H17N3O3/c1-9-16-12-4-2-3-11(15(20)21)14(12)18(9)8-7-13(19)17-10-5-6-10/h2-4,10H,5-8H2,1H3,(H,17,19)(H,20,21). The molecule has 21 heavy (non-hydrogen) atoms. The number of benzene rings is 1. The van der Waals surface area contributed by atoms with Crippen LogP contribution in [0.25, 0.3) is 11.0 Å². The number of fused-ring (bicyclic) bond motifs is 1. The van der Waals surface area contributed by atoms with E-state index in [1.54, 1.807) is 18.2 Å². The SMILES string of the molecule is Cc1nc2cccc(C(=O)O)c2n1CCC(=O)NC1CC1. The summed E-state index contributed by atoms with van der Waals surface area (Å²) in [6.07, 6.45) is 2.45. The van der Waals surface area contributed by atoms with Crippen molar-refractivity contribution in [3.8, 4) is 0 Å². The van der Waals surface area contributed by atoms with Crippen LogP contribution in [0.5, 0.6) is 0 Å². The number of nitrogens with one attached hydrogen (secondary N) is 1. The fourth-order valence-corrected chi connectivity index (χ4v) is 2.49. The molecule has 0 spiro atoms. The molecule has 0 radical (unpaired) electrons. The fraction of sp³-hybridized carbons (Fsp3) is 0.400. The van der Waals surface area contributed by atoms with E-state index in [2.05, 4.69) is 10.3 Å². The molecule has 1 heterocycles. The van der Waals surface area contributed by atoms with Crippen molar-refractivity contribution in [3.05, 3.63) is 29.6 Å². The van der Waals surface area contributed by atoms with Gasteiger partial charge in [-0.15, -0.1) is 0 Å². The lowest BCUT2D eigenvalue weighted by Crippen LogP contribution is -2.26. The highest BCUT2D eigenvalue weighted by molar-refractivity contribution is 6.01. The van der Waals surface area contributed by atoms with Crippen LogP contribution in [0, 0.1) is 6.92 Å². The van der Waals surface area contributed by atoms with Gasteiger partial charge in [-0.3, -0.25) is 4.79 Å². The molecule has 1 saturated carbocycles. The van der Waals surface area contributed by atoms with Crippen molar-refractivity contribution in [1.82, 2.24) is 14.9 Å². The molecule has 0 bridgehead atoms. The molecule has 1 aliphatic carbocycles. The maximum atomic E-state index is 11.8. The van der Waals surface area contributed by atoms with Gasteiger partial charge in [-0.2, -0.15) is 0 Å². The van der Waals surface area contributed by atoms with Crippen LogP contribution in [0.3, 0.4) is 0 Å². The molecule has 0 saturated heterocycles. The number of imidazole rings is 1. The number of carbonyl (C=O) groups is 2. The van der Waals surface area contributed by atoms with E-state index in [1.165, 1.54) is 0 Å². The predicted molar refractivity (Wildman–Crippen MR) is 77.2 cm³/mol. The van der Waals surface area contributed by atoms with E-state index in [4.69, 9.17) is 0 Å². The second-order valence-electron chi connectivity index (χ2n) is 5.38. The molecular weight excluding hydrogens is 270 g/mol. The Labute approximate surface area is 121 Å². The predicted octanol–water partition coefficient (Wildman–Crippen LogP) is 1.71. The van der Waals surface area contributed by atoms with Gasteiger partial charge in [0.05, 0.1) is 16.6 Å². The van der Waals surface area contributed by atoms with Crippen molar-refractivity contribution in [2.75, 3.05) is 0 Å². The first kappa shape index (κ1) is 13.6. The summed E-state index contributed by atoms with van der Waals surface area (Å²) in [4.78, 5) is 27.5. The Hall–Kier alpha value is -2.37. The van der Waals surface area contributed by atoms with Gasteiger partial charge in [-0.05, 0) is 31.9 Å². The summed E-state index contributed by atoms with van der Waals surface area (Å²) < 4.78 is 1.81. The fourth-order valence-electron chi connectivity index (χ4n) is 2.49. The third-order valence-corrected chi connectivity index (χ3v) is 3.69. The zero-order valence-electron chi connectivity index (χ0n) is 11.8. The van der Waals surface area contributed by atoms with Crippen molar-refractivity contribution in [1.29, 1.82) is 0 Å². The molecular formula is C15H17N3O3. The molecule has 1 amide bonds. The number of aryl methyl sites for hydroxylation is 2. The maximum absolute atomic E-state index is 11.8. The van der Waals surface area contributed by atoms with Gasteiger partial charge in [0.25, 0.3) is 0 Å². The van der Waals surface area contributed by atoms with Gasteiger partial charge in [0.1, 0.15) is 5.82 Å². The minimum absolute atomic E-state index is 0.00607. The van der Waals surface area contributed by atoms with Crippen LogP contribution < -0.4 is 5.32 Å². The molecule has 2 N–H and O–H groups in total. The summed E-state index contributed by atoms with van der Waals surface area (Å²) >= 11 is 0. The monoisotopic (exact) mass is 287 g/mol. The third-order valence-electron chi connectivity index (χ3n) is 3.69. The number of hydrogen-bond acceptors (Lipinski definition) is 3. The lowest BCUT2D eigenvalue weighted by atomic mass is 10.2. The van der Waals surface area contributed by atoms with Crippen molar-refractivity contribution < 1.29 is 14.7 Å². The quantitative estimate of drug-likeness (QED) is 0.876. The van der Waals surface area contributed by atoms with Crippen molar-refractivity contribution in [2.24, 2.45) is 0 Å². The average molecular weight is 287 g/mol. The second-order valence-corrected chi connectivity index (χ2v) is 5.38. The normalized spacial score (nSPS) is 14.3. The summed E-state index contributed by atoms with van der Waals surface area (Å²) in [6.45, 7) is 2.26. The first-order chi connectivity index (χ1) is 10.1. The van der Waals surface area contributed by atoms with Crippen molar-refractivity contribution in [2.45, 2.75) is 38.8 Å². The molecule has 6 nitrogen and oxygen atoms in total. The molecule has 0 aliphatic heterocycles. The Morgan fingerprint density at radius 2 is 2.19 bits per heavy atom. The number of amides is 1. The van der Waals surface area contributed by atoms with Crippen LogP contribution in [-0.2, 0) is 11.3 Å². The number of para-hydroxylation sites is 1. The van der Waals surface area contributed by atoms with Gasteiger partial charge < -0.3 is 15.0 Å². The van der Waals surface area contributed by atoms with Gasteiger partial charge in [-0.25, -0.2) is 9.78 Å². The molecule has 0 unspecified atom stereocenters. The van der Waals surface area contributed by atoms with Gasteiger partial charge in [0.2, 0.25) is 5.91 Å². The Morgan fingerprint density at radius 1 is 1.43 bits per heavy atom. The first-order valence-electron chi connectivity index (χ1n) is 7.05. The van der Waals surface area contributed by atoms with Crippen LogP contribution in [-0.4, -0.2) is 32.6 Å². The maximum Gasteiger partial charge on any atom is 0.337 e. The van der Waals surface area contributed by atoms with Gasteiger partial charge in [0.15, 0.2) is 0 Å². The van der Waals surface area contributed by atoms with Crippen LogP contribution in [0.2, 0.25) is 0 Å². The van der Waals surface area contributed by atoms with Crippen LogP contribution in [0.1, 0.15) is 35.4 Å². The topological polar surface area (TPSA) is 84.2 Å². The average Bonchev–Trinajstić information content (AvgIpc) is 3.17. The minimum Gasteiger partial charge on any atom is -0.478 e. The van der Waals surface area contributed by atoms with E-state index in [1.807, 2.05) is 11.5 Å². The lowest BCUT2D eigenvalue weighted by molar-refractivity contribution is -0.121. The summed E-state index contributed by atoms with van der Waals surface area (Å²) in [5.74, 6) is -0.256. The first-order valence-corrected chi connectivity index (χ1v) is 7.05. The van der Waals surface area contributed by atoms with Gasteiger partial charge >= 0.3 is 5.97 Å². The van der Waals surface area contributed by atoms with Crippen molar-refractivity contribution >= 4 is 22.9 Å². The van der Waals surface area contributed by atoms with E-state index in [9.17, 15) is 14.7 Å². The number of carboxylic acid groups (broad SMARTS) is 1. The summed E-state index contributed by atoms with van der Waals surface area (Å²) in [5, 5.41) is 12.2. The third kappa shape index (κ3) is 2.74. The van der Waals surface area contributed by atoms with Gasteiger partial charge in [-0.1, -0.05) is 6.07 Å². The number of rotatable bonds is 5. The minimum atomic E-state index is -0.982. The summed E-state index contributed by atoms with van der Waals surface area (Å²) in [5.41, 5.74) is 1.45. The highest BCUT2D eigenvalue weighted by Crippen LogP contribution is 2.22. The van der Waals surface area contributed by atoms with E-state index in [-0.39, 0.29) is 11.5 Å². The number of hydrogen-bond donors (Lipinski definition) is 2. The number of aromatic carboxylic acids is 1. The molecule has 2 aromatic rings. The van der Waals surface area contributed by atoms with Crippen LogP contribution >= 0.6 is 0 Å². The van der Waals surface area contributed by atoms with E-state index >= 15 is 0 Å². The zero-order chi connectivity index (χ0) is 15.0. The van der Waals surface area contributed by atoms with Crippen LogP contribution in [0.15, 0.2) is 18.2 Å². The molecule has 3 rings (SSSR count). The highest BCUT2D eigenvalue weighted by Gasteiger charge is 2.23. The Bertz CT molecular complexity index is 716. The molecule has 110 valence electrons. The molecule has 1 aliphatic rings. The highest BCUT2D eigenvalue weighted by atomic mass is 16.4. The van der Waals surface area contributed by atoms with Gasteiger partial charge in [0, 0.05) is 19.0 Å². The smallest absolute Gasteiger partial charge is 0.337 e. The zero-order valence-corrected chi connectivity index (χ0v) is 11.8. The van der Waals surface area contributed by atoms with E-state index in [0.29, 0.717) is 30.0 Å². The largest absolute Gasteiger partial charge is 0.478 e. The number of carbonyl (C=O) groups excluding carboxylic acids is 1. The molecule has 0 atom stereocenters. The Morgan fingerprint density at radius 3 is 2.86 bits per heavy atom. The Balaban J connectivity index is 1.87. The van der Waals surface area contributed by atoms with Crippen molar-refractivity contribution in [3.63, 3.8) is 0 Å². The lowest BCUT2D eigenvalue weighted by Gasteiger charge is -2.09. The van der Waals surface area contributed by atoms with E-state index in [0.717, 1.165) is 18.7 Å². The molecule has 1 fully saturated rings. The van der Waals surface area contributed by atoms with Crippen LogP contribution in [0.4, 0.5) is 0 Å². The second kappa shape index (κ2) is 5.20. The summed E-state index contributed by atoms with van der Waals surface area (Å²) in [6, 6.07) is 5.37. The number of aromatic nitrogens is 2. The molecule has 1 aromatic carbocycles. The molecule has 1 aromatic heterocycles. The Kier molecular flexibility index (Phi) is 3.37. The van der Waals surface area contributed by atoms with E-state index < -0.39 is 5.97 Å². The number of nitrogens with zero attached hydrogens (tertiary/aromatic N) is 2. The number of carboxylic acids is 1. The molecule has 6 heteroatoms.